The second-order valence-corrected chi connectivity index (χ2v) is 4.89. The summed E-state index contributed by atoms with van der Waals surface area (Å²) in [7, 11) is -3.25. The molecule has 1 aromatic heterocycles. The molecule has 0 amide bonds. The normalized spacial score (nSPS) is 14.4. The summed E-state index contributed by atoms with van der Waals surface area (Å²) in [6.07, 6.45) is 1.82. The zero-order chi connectivity index (χ0) is 10.1. The van der Waals surface area contributed by atoms with Crippen molar-refractivity contribution in [2.75, 3.05) is 6.26 Å². The molecule has 0 spiro atoms. The van der Waals surface area contributed by atoms with Crippen LogP contribution in [0.25, 0.3) is 0 Å². The number of hydrogen-bond acceptors (Lipinski definition) is 4. The molecule has 1 aromatic rings. The summed E-state index contributed by atoms with van der Waals surface area (Å²) >= 11 is 0. The molecule has 13 heavy (non-hydrogen) atoms. The third kappa shape index (κ3) is 2.32. The molecule has 4 nitrogen and oxygen atoms in total. The van der Waals surface area contributed by atoms with Gasteiger partial charge in [0.1, 0.15) is 5.76 Å². The summed E-state index contributed by atoms with van der Waals surface area (Å²) in [6.45, 7) is 1.91. The van der Waals surface area contributed by atoms with Gasteiger partial charge in [-0.15, -0.1) is 0 Å². The van der Waals surface area contributed by atoms with Crippen LogP contribution in [0.1, 0.15) is 25.1 Å². The predicted octanol–water partition coefficient (Wildman–Crippen LogP) is 1.09. The maximum absolute atomic E-state index is 11.0. The van der Waals surface area contributed by atoms with Gasteiger partial charge < -0.3 is 10.2 Å². The maximum Gasteiger partial charge on any atom is 0.217 e. The molecular weight excluding hydrogens is 190 g/mol. The second kappa shape index (κ2) is 3.51. The van der Waals surface area contributed by atoms with Crippen LogP contribution in [0.4, 0.5) is 0 Å². The van der Waals surface area contributed by atoms with Gasteiger partial charge in [0.15, 0.2) is 0 Å². The molecule has 0 aliphatic rings. The SMILES string of the molecule is CC[C@H](N)c1ccc(S(C)(=O)=O)o1. The number of nitrogens with two attached hydrogens (primary N) is 1. The highest BCUT2D eigenvalue weighted by Gasteiger charge is 2.15. The van der Waals surface area contributed by atoms with E-state index in [1.807, 2.05) is 6.92 Å². The molecule has 1 rings (SSSR count). The fourth-order valence-corrected chi connectivity index (χ4v) is 1.50. The molecule has 0 aliphatic carbocycles. The molecule has 0 aliphatic heterocycles. The monoisotopic (exact) mass is 203 g/mol. The van der Waals surface area contributed by atoms with Gasteiger partial charge in [-0.05, 0) is 18.6 Å². The third-order valence-electron chi connectivity index (χ3n) is 1.77. The first kappa shape index (κ1) is 10.3. The molecule has 0 saturated heterocycles. The van der Waals surface area contributed by atoms with Gasteiger partial charge in [0.25, 0.3) is 0 Å². The second-order valence-electron chi connectivity index (χ2n) is 2.94. The van der Waals surface area contributed by atoms with Crippen molar-refractivity contribution < 1.29 is 12.8 Å². The van der Waals surface area contributed by atoms with Gasteiger partial charge in [-0.1, -0.05) is 6.92 Å². The van der Waals surface area contributed by atoms with Crippen LogP contribution in [0.2, 0.25) is 0 Å². The highest BCUT2D eigenvalue weighted by Crippen LogP contribution is 2.19. The Morgan fingerprint density at radius 2 is 2.15 bits per heavy atom. The molecular formula is C8H13NO3S. The summed E-state index contributed by atoms with van der Waals surface area (Å²) in [6, 6.07) is 2.81. The van der Waals surface area contributed by atoms with Crippen LogP contribution < -0.4 is 5.73 Å². The lowest BCUT2D eigenvalue weighted by Gasteiger charge is -2.02. The van der Waals surface area contributed by atoms with E-state index in [0.29, 0.717) is 5.76 Å². The Labute approximate surface area is 77.7 Å². The summed E-state index contributed by atoms with van der Waals surface area (Å²) in [5.74, 6) is 0.517. The van der Waals surface area contributed by atoms with Gasteiger partial charge in [0.05, 0.1) is 6.04 Å². The first-order valence-electron chi connectivity index (χ1n) is 4.00. The average molecular weight is 203 g/mol. The van der Waals surface area contributed by atoms with Crippen molar-refractivity contribution >= 4 is 9.84 Å². The lowest BCUT2D eigenvalue weighted by atomic mass is 10.2. The van der Waals surface area contributed by atoms with Crippen molar-refractivity contribution in [2.24, 2.45) is 5.73 Å². The fraction of sp³-hybridized carbons (Fsp3) is 0.500. The van der Waals surface area contributed by atoms with E-state index in [2.05, 4.69) is 0 Å². The lowest BCUT2D eigenvalue weighted by molar-refractivity contribution is 0.388. The number of sulfone groups is 1. The van der Waals surface area contributed by atoms with E-state index in [-0.39, 0.29) is 11.1 Å². The minimum atomic E-state index is -3.25. The van der Waals surface area contributed by atoms with E-state index >= 15 is 0 Å². The molecule has 0 saturated carbocycles. The van der Waals surface area contributed by atoms with Gasteiger partial charge in [-0.3, -0.25) is 0 Å². The van der Waals surface area contributed by atoms with Gasteiger partial charge in [0.2, 0.25) is 14.9 Å². The molecule has 5 heteroatoms. The smallest absolute Gasteiger partial charge is 0.217 e. The first-order valence-corrected chi connectivity index (χ1v) is 5.89. The van der Waals surface area contributed by atoms with E-state index in [0.717, 1.165) is 12.7 Å². The van der Waals surface area contributed by atoms with Crippen LogP contribution in [0.5, 0.6) is 0 Å². The Morgan fingerprint density at radius 1 is 1.54 bits per heavy atom. The van der Waals surface area contributed by atoms with Crippen LogP contribution in [-0.2, 0) is 9.84 Å². The predicted molar refractivity (Wildman–Crippen MR) is 49.0 cm³/mol. The minimum absolute atomic E-state index is 0.0219. The zero-order valence-electron chi connectivity index (χ0n) is 7.65. The van der Waals surface area contributed by atoms with Crippen LogP contribution >= 0.6 is 0 Å². The fourth-order valence-electron chi connectivity index (χ4n) is 0.934. The van der Waals surface area contributed by atoms with Crippen molar-refractivity contribution in [3.05, 3.63) is 17.9 Å². The highest BCUT2D eigenvalue weighted by atomic mass is 32.2. The van der Waals surface area contributed by atoms with E-state index in [1.54, 1.807) is 6.07 Å². The van der Waals surface area contributed by atoms with E-state index < -0.39 is 9.84 Å². The average Bonchev–Trinajstić information content (AvgIpc) is 2.50. The van der Waals surface area contributed by atoms with Gasteiger partial charge in [-0.25, -0.2) is 8.42 Å². The topological polar surface area (TPSA) is 73.3 Å². The van der Waals surface area contributed by atoms with Crippen LogP contribution in [0, 0.1) is 0 Å². The zero-order valence-corrected chi connectivity index (χ0v) is 8.47. The van der Waals surface area contributed by atoms with Crippen molar-refractivity contribution in [3.8, 4) is 0 Å². The molecule has 1 heterocycles. The van der Waals surface area contributed by atoms with Crippen molar-refractivity contribution in [1.29, 1.82) is 0 Å². The largest absolute Gasteiger partial charge is 0.448 e. The number of rotatable bonds is 3. The van der Waals surface area contributed by atoms with Gasteiger partial charge >= 0.3 is 0 Å². The molecule has 0 fully saturated rings. The van der Waals surface area contributed by atoms with E-state index in [4.69, 9.17) is 10.2 Å². The van der Waals surface area contributed by atoms with Crippen molar-refractivity contribution in [1.82, 2.24) is 0 Å². The summed E-state index contributed by atoms with van der Waals surface area (Å²) in [5.41, 5.74) is 5.66. The molecule has 0 radical (unpaired) electrons. The van der Waals surface area contributed by atoms with Crippen LogP contribution in [0.15, 0.2) is 21.6 Å². The number of hydrogen-bond donors (Lipinski definition) is 1. The van der Waals surface area contributed by atoms with Crippen molar-refractivity contribution in [3.63, 3.8) is 0 Å². The standard InChI is InChI=1S/C8H13NO3S/c1-3-6(9)7-4-5-8(12-7)13(2,10)11/h4-6H,3,9H2,1-2H3/t6-/m0/s1. The first-order chi connectivity index (χ1) is 5.95. The quantitative estimate of drug-likeness (QED) is 0.798. The van der Waals surface area contributed by atoms with E-state index in [1.165, 1.54) is 6.07 Å². The lowest BCUT2D eigenvalue weighted by Crippen LogP contribution is -2.07. The Morgan fingerprint density at radius 3 is 2.54 bits per heavy atom. The highest BCUT2D eigenvalue weighted by molar-refractivity contribution is 7.90. The maximum atomic E-state index is 11.0. The number of furan rings is 1. The summed E-state index contributed by atoms with van der Waals surface area (Å²) in [5, 5.41) is -0.0219. The Balaban J connectivity index is 3.00. The Hall–Kier alpha value is -0.810. The Bertz CT molecular complexity index is 380. The summed E-state index contributed by atoms with van der Waals surface area (Å²) in [4.78, 5) is 0. The molecule has 0 aromatic carbocycles. The third-order valence-corrected chi connectivity index (χ3v) is 2.72. The van der Waals surface area contributed by atoms with Gasteiger partial charge in [0, 0.05) is 6.26 Å². The molecule has 2 N–H and O–H groups in total. The molecule has 1 atom stereocenters. The minimum Gasteiger partial charge on any atom is -0.448 e. The van der Waals surface area contributed by atoms with Crippen LogP contribution in [-0.4, -0.2) is 14.7 Å². The molecule has 74 valence electrons. The Kier molecular flexibility index (Phi) is 2.77. The van der Waals surface area contributed by atoms with E-state index in [9.17, 15) is 8.42 Å². The van der Waals surface area contributed by atoms with Gasteiger partial charge in [-0.2, -0.15) is 0 Å². The van der Waals surface area contributed by atoms with Crippen LogP contribution in [0.3, 0.4) is 0 Å². The molecule has 0 bridgehead atoms. The molecule has 0 unspecified atom stereocenters. The van der Waals surface area contributed by atoms with Crippen molar-refractivity contribution in [2.45, 2.75) is 24.5 Å². The summed E-state index contributed by atoms with van der Waals surface area (Å²) < 4.78 is 27.1.